The first kappa shape index (κ1) is 8.09. The zero-order valence-corrected chi connectivity index (χ0v) is 7.37. The molecule has 1 N–H and O–H groups in total. The van der Waals surface area contributed by atoms with Gasteiger partial charge in [0.2, 0.25) is 5.72 Å². The maximum Gasteiger partial charge on any atom is 0.232 e. The van der Waals surface area contributed by atoms with Crippen LogP contribution in [-0.4, -0.2) is 12.8 Å². The Kier molecular flexibility index (Phi) is 1.71. The molecule has 66 valence electrons. The molecule has 0 saturated carbocycles. The number of methoxy groups -OCH3 is 1. The van der Waals surface area contributed by atoms with Crippen molar-refractivity contribution in [2.45, 2.75) is 12.1 Å². The summed E-state index contributed by atoms with van der Waals surface area (Å²) in [5.74, 6) is 0. The van der Waals surface area contributed by atoms with Crippen LogP contribution in [0.25, 0.3) is 0 Å². The molecule has 1 unspecified atom stereocenters. The predicted molar refractivity (Wildman–Crippen MR) is 49.1 cm³/mol. The lowest BCUT2D eigenvalue weighted by Gasteiger charge is -2.18. The van der Waals surface area contributed by atoms with Crippen LogP contribution in [0.15, 0.2) is 24.3 Å². The molecule has 1 atom stereocenters. The first-order chi connectivity index (χ1) is 6.29. The van der Waals surface area contributed by atoms with E-state index in [4.69, 9.17) is 10.00 Å². The van der Waals surface area contributed by atoms with Crippen LogP contribution >= 0.6 is 0 Å². The highest BCUT2D eigenvalue weighted by Gasteiger charge is 2.36. The molecular weight excluding hydrogens is 164 g/mol. The lowest BCUT2D eigenvalue weighted by atomic mass is 10.1. The van der Waals surface area contributed by atoms with E-state index in [0.29, 0.717) is 6.42 Å². The van der Waals surface area contributed by atoms with E-state index in [1.807, 2.05) is 24.3 Å². The second kappa shape index (κ2) is 2.75. The Morgan fingerprint density at radius 1 is 1.54 bits per heavy atom. The molecule has 0 bridgehead atoms. The van der Waals surface area contributed by atoms with Crippen LogP contribution in [0.1, 0.15) is 5.56 Å². The van der Waals surface area contributed by atoms with Gasteiger partial charge >= 0.3 is 0 Å². The summed E-state index contributed by atoms with van der Waals surface area (Å²) in [6.45, 7) is 0. The highest BCUT2D eigenvalue weighted by Crippen LogP contribution is 2.31. The summed E-state index contributed by atoms with van der Waals surface area (Å²) in [4.78, 5) is 0. The third-order valence-corrected chi connectivity index (χ3v) is 2.32. The number of nitriles is 1. The topological polar surface area (TPSA) is 45.0 Å². The van der Waals surface area contributed by atoms with Gasteiger partial charge < -0.3 is 10.1 Å². The monoisotopic (exact) mass is 174 g/mol. The molecule has 0 fully saturated rings. The van der Waals surface area contributed by atoms with Crippen molar-refractivity contribution in [2.24, 2.45) is 0 Å². The summed E-state index contributed by atoms with van der Waals surface area (Å²) < 4.78 is 5.16. The molecule has 2 rings (SSSR count). The van der Waals surface area contributed by atoms with Gasteiger partial charge in [-0.1, -0.05) is 18.2 Å². The number of para-hydroxylation sites is 1. The van der Waals surface area contributed by atoms with E-state index >= 15 is 0 Å². The number of hydrogen-bond acceptors (Lipinski definition) is 3. The van der Waals surface area contributed by atoms with Gasteiger partial charge in [-0.25, -0.2) is 0 Å². The molecule has 1 aliphatic heterocycles. The van der Waals surface area contributed by atoms with E-state index in [1.54, 1.807) is 7.11 Å². The molecule has 0 saturated heterocycles. The smallest absolute Gasteiger partial charge is 0.232 e. The normalized spacial score (nSPS) is 24.6. The Bertz CT molecular complexity index is 342. The second-order valence-electron chi connectivity index (χ2n) is 3.10. The zero-order valence-electron chi connectivity index (χ0n) is 7.37. The van der Waals surface area contributed by atoms with Gasteiger partial charge in [-0.2, -0.15) is 5.26 Å². The van der Waals surface area contributed by atoms with E-state index in [-0.39, 0.29) is 0 Å². The Morgan fingerprint density at radius 2 is 2.31 bits per heavy atom. The van der Waals surface area contributed by atoms with Crippen molar-refractivity contribution in [3.8, 4) is 6.07 Å². The Morgan fingerprint density at radius 3 is 2.92 bits per heavy atom. The first-order valence-electron chi connectivity index (χ1n) is 4.12. The van der Waals surface area contributed by atoms with Crippen molar-refractivity contribution >= 4 is 5.69 Å². The summed E-state index contributed by atoms with van der Waals surface area (Å²) in [7, 11) is 1.54. The van der Waals surface area contributed by atoms with Gasteiger partial charge in [0.25, 0.3) is 0 Å². The van der Waals surface area contributed by atoms with Crippen LogP contribution < -0.4 is 5.32 Å². The fourth-order valence-electron chi connectivity index (χ4n) is 1.56. The molecule has 0 amide bonds. The number of anilines is 1. The van der Waals surface area contributed by atoms with Crippen LogP contribution in [0.3, 0.4) is 0 Å². The van der Waals surface area contributed by atoms with Crippen molar-refractivity contribution in [3.63, 3.8) is 0 Å². The van der Waals surface area contributed by atoms with Crippen molar-refractivity contribution < 1.29 is 4.74 Å². The molecular formula is C10H10N2O. The minimum atomic E-state index is -0.857. The fraction of sp³-hybridized carbons (Fsp3) is 0.300. The Labute approximate surface area is 76.9 Å². The Hall–Kier alpha value is -1.53. The van der Waals surface area contributed by atoms with Crippen LogP contribution in [-0.2, 0) is 11.2 Å². The van der Waals surface area contributed by atoms with Crippen LogP contribution in [0, 0.1) is 11.3 Å². The van der Waals surface area contributed by atoms with Gasteiger partial charge in [-0.05, 0) is 11.6 Å². The lowest BCUT2D eigenvalue weighted by Crippen LogP contribution is -2.36. The SMILES string of the molecule is COC1(C#N)Cc2ccccc2N1. The van der Waals surface area contributed by atoms with Gasteiger partial charge in [0, 0.05) is 19.2 Å². The molecule has 0 aromatic heterocycles. The van der Waals surface area contributed by atoms with Crippen LogP contribution in [0.4, 0.5) is 5.69 Å². The maximum absolute atomic E-state index is 8.95. The van der Waals surface area contributed by atoms with Gasteiger partial charge in [-0.3, -0.25) is 0 Å². The molecule has 0 spiro atoms. The molecule has 0 aliphatic carbocycles. The molecule has 1 heterocycles. The highest BCUT2D eigenvalue weighted by molar-refractivity contribution is 5.59. The number of hydrogen-bond donors (Lipinski definition) is 1. The highest BCUT2D eigenvalue weighted by atomic mass is 16.5. The van der Waals surface area contributed by atoms with Crippen LogP contribution in [0.2, 0.25) is 0 Å². The number of nitrogens with one attached hydrogen (secondary N) is 1. The van der Waals surface area contributed by atoms with E-state index in [0.717, 1.165) is 11.3 Å². The third kappa shape index (κ3) is 1.16. The Balaban J connectivity index is 2.37. The van der Waals surface area contributed by atoms with Crippen LogP contribution in [0.5, 0.6) is 0 Å². The van der Waals surface area contributed by atoms with Gasteiger partial charge in [-0.15, -0.1) is 0 Å². The van der Waals surface area contributed by atoms with Gasteiger partial charge in [0.1, 0.15) is 6.07 Å². The van der Waals surface area contributed by atoms with Crippen molar-refractivity contribution in [2.75, 3.05) is 12.4 Å². The summed E-state index contributed by atoms with van der Waals surface area (Å²) in [6.07, 6.45) is 0.607. The van der Waals surface area contributed by atoms with E-state index in [9.17, 15) is 0 Å². The molecule has 13 heavy (non-hydrogen) atoms. The number of rotatable bonds is 1. The predicted octanol–water partition coefficient (Wildman–Crippen LogP) is 1.52. The number of benzene rings is 1. The summed E-state index contributed by atoms with van der Waals surface area (Å²) in [6, 6.07) is 9.99. The number of ether oxygens (including phenoxy) is 1. The minimum Gasteiger partial charge on any atom is -0.346 e. The summed E-state index contributed by atoms with van der Waals surface area (Å²) in [5, 5.41) is 12.0. The van der Waals surface area contributed by atoms with Gasteiger partial charge in [0.05, 0.1) is 0 Å². The molecule has 1 aromatic carbocycles. The maximum atomic E-state index is 8.95. The first-order valence-corrected chi connectivity index (χ1v) is 4.12. The fourth-order valence-corrected chi connectivity index (χ4v) is 1.56. The second-order valence-corrected chi connectivity index (χ2v) is 3.10. The van der Waals surface area contributed by atoms with Crippen molar-refractivity contribution in [1.82, 2.24) is 0 Å². The molecule has 0 radical (unpaired) electrons. The molecule has 1 aromatic rings. The zero-order chi connectivity index (χ0) is 9.31. The largest absolute Gasteiger partial charge is 0.346 e. The van der Waals surface area contributed by atoms with Crippen molar-refractivity contribution in [1.29, 1.82) is 5.26 Å². The third-order valence-electron chi connectivity index (χ3n) is 2.32. The number of fused-ring (bicyclic) bond motifs is 1. The molecule has 3 heteroatoms. The van der Waals surface area contributed by atoms with Gasteiger partial charge in [0.15, 0.2) is 0 Å². The van der Waals surface area contributed by atoms with E-state index in [1.165, 1.54) is 0 Å². The quantitative estimate of drug-likeness (QED) is 0.702. The molecule has 3 nitrogen and oxygen atoms in total. The van der Waals surface area contributed by atoms with E-state index in [2.05, 4.69) is 11.4 Å². The molecule has 1 aliphatic rings. The average molecular weight is 174 g/mol. The average Bonchev–Trinajstić information content (AvgIpc) is 2.57. The standard InChI is InChI=1S/C10H10N2O/c1-13-10(7-11)6-8-4-2-3-5-9(8)12-10/h2-5,12H,6H2,1H3. The van der Waals surface area contributed by atoms with Crippen molar-refractivity contribution in [3.05, 3.63) is 29.8 Å². The summed E-state index contributed by atoms with van der Waals surface area (Å²) >= 11 is 0. The lowest BCUT2D eigenvalue weighted by molar-refractivity contribution is 0.0701. The minimum absolute atomic E-state index is 0.607. The summed E-state index contributed by atoms with van der Waals surface area (Å²) in [5.41, 5.74) is 1.26. The van der Waals surface area contributed by atoms with E-state index < -0.39 is 5.72 Å². The number of nitrogens with zero attached hydrogens (tertiary/aromatic N) is 1.